The van der Waals surface area contributed by atoms with Crippen LogP contribution in [0.1, 0.15) is 32.3 Å². The van der Waals surface area contributed by atoms with Crippen LogP contribution in [-0.4, -0.2) is 39.4 Å². The molecule has 0 unspecified atom stereocenters. The second-order valence-corrected chi connectivity index (χ2v) is 4.39. The number of carboxylic acid groups (broad SMARTS) is 1. The van der Waals surface area contributed by atoms with Crippen molar-refractivity contribution in [2.24, 2.45) is 0 Å². The van der Waals surface area contributed by atoms with Gasteiger partial charge in [-0.2, -0.15) is 0 Å². The molecule has 0 heterocycles. The van der Waals surface area contributed by atoms with Crippen molar-refractivity contribution >= 4 is 11.9 Å². The van der Waals surface area contributed by atoms with E-state index in [1.54, 1.807) is 13.8 Å². The number of aliphatic hydroxyl groups excluding tert-OH is 2. The van der Waals surface area contributed by atoms with Gasteiger partial charge in [0.1, 0.15) is 6.10 Å². The minimum absolute atomic E-state index is 0.273. The fraction of sp³-hybridized carbons (Fsp3) is 0.467. The number of carbonyl (C=O) groups is 2. The summed E-state index contributed by atoms with van der Waals surface area (Å²) in [7, 11) is 0. The number of carbonyl (C=O) groups excluding carboxylic acids is 1. The molecule has 118 valence electrons. The maximum atomic E-state index is 11.2. The Balaban J connectivity index is 0.000000486. The summed E-state index contributed by atoms with van der Waals surface area (Å²) in [5, 5.41) is 28.1. The molecule has 0 radical (unpaired) electrons. The molecule has 1 amide bonds. The zero-order valence-electron chi connectivity index (χ0n) is 12.3. The molecule has 0 spiro atoms. The number of nitrogens with one attached hydrogen (secondary N) is 1. The van der Waals surface area contributed by atoms with Gasteiger partial charge in [0.2, 0.25) is 5.91 Å². The topological polar surface area (TPSA) is 107 Å². The first kappa shape index (κ1) is 19.1. The second-order valence-electron chi connectivity index (χ2n) is 4.39. The van der Waals surface area contributed by atoms with E-state index < -0.39 is 18.2 Å². The third kappa shape index (κ3) is 8.78. The van der Waals surface area contributed by atoms with E-state index in [2.05, 4.69) is 5.32 Å². The molecule has 0 bridgehead atoms. The van der Waals surface area contributed by atoms with Crippen LogP contribution in [0, 0.1) is 0 Å². The van der Waals surface area contributed by atoms with Crippen LogP contribution in [-0.2, 0) is 16.1 Å². The normalized spacial score (nSPS) is 12.6. The number of rotatable bonds is 6. The van der Waals surface area contributed by atoms with Crippen molar-refractivity contribution in [3.63, 3.8) is 0 Å². The van der Waals surface area contributed by atoms with Crippen LogP contribution in [0.25, 0.3) is 0 Å². The summed E-state index contributed by atoms with van der Waals surface area (Å²) in [5.74, 6) is -1.46. The Labute approximate surface area is 124 Å². The summed E-state index contributed by atoms with van der Waals surface area (Å²) >= 11 is 0. The molecule has 2 atom stereocenters. The molecule has 0 aliphatic heterocycles. The number of benzene rings is 1. The van der Waals surface area contributed by atoms with E-state index in [-0.39, 0.29) is 12.3 Å². The molecule has 0 fully saturated rings. The van der Waals surface area contributed by atoms with Gasteiger partial charge >= 0.3 is 5.97 Å². The van der Waals surface area contributed by atoms with Crippen LogP contribution >= 0.6 is 0 Å². The smallest absolute Gasteiger partial charge is 0.332 e. The average Bonchev–Trinajstić information content (AvgIpc) is 2.52. The lowest BCUT2D eigenvalue weighted by Crippen LogP contribution is -2.33. The van der Waals surface area contributed by atoms with E-state index in [0.717, 1.165) is 5.56 Å². The molecule has 6 heteroatoms. The Morgan fingerprint density at radius 2 is 1.57 bits per heavy atom. The van der Waals surface area contributed by atoms with Gasteiger partial charge in [-0.25, -0.2) is 4.79 Å². The number of carboxylic acids is 1. The van der Waals surface area contributed by atoms with Crippen molar-refractivity contribution in [3.05, 3.63) is 35.9 Å². The summed E-state index contributed by atoms with van der Waals surface area (Å²) in [6.45, 7) is 3.85. The SMILES string of the molecule is CC[C@H](O)C(=O)NCc1ccccc1.CC[C@H](O)C(=O)O. The Bertz CT molecular complexity index is 421. The van der Waals surface area contributed by atoms with Gasteiger partial charge in [0.15, 0.2) is 6.10 Å². The lowest BCUT2D eigenvalue weighted by atomic mass is 10.2. The van der Waals surface area contributed by atoms with Crippen molar-refractivity contribution in [1.29, 1.82) is 0 Å². The Morgan fingerprint density at radius 1 is 1.05 bits per heavy atom. The van der Waals surface area contributed by atoms with Gasteiger partial charge in [-0.1, -0.05) is 44.2 Å². The van der Waals surface area contributed by atoms with Crippen molar-refractivity contribution in [1.82, 2.24) is 5.32 Å². The second kappa shape index (κ2) is 10.8. The zero-order valence-corrected chi connectivity index (χ0v) is 12.3. The van der Waals surface area contributed by atoms with Crippen LogP contribution in [0.4, 0.5) is 0 Å². The number of aliphatic carboxylic acids is 1. The molecular formula is C15H23NO5. The first-order valence-corrected chi connectivity index (χ1v) is 6.82. The van der Waals surface area contributed by atoms with E-state index in [0.29, 0.717) is 13.0 Å². The van der Waals surface area contributed by atoms with Crippen molar-refractivity contribution in [2.45, 2.75) is 45.4 Å². The van der Waals surface area contributed by atoms with Gasteiger partial charge in [0.25, 0.3) is 0 Å². The Morgan fingerprint density at radius 3 is 1.95 bits per heavy atom. The molecule has 0 saturated heterocycles. The van der Waals surface area contributed by atoms with Gasteiger partial charge in [0.05, 0.1) is 0 Å². The van der Waals surface area contributed by atoms with Crippen LogP contribution in [0.15, 0.2) is 30.3 Å². The summed E-state index contributed by atoms with van der Waals surface area (Å²) in [4.78, 5) is 20.9. The first-order valence-electron chi connectivity index (χ1n) is 6.82. The third-order valence-electron chi connectivity index (χ3n) is 2.67. The molecule has 4 N–H and O–H groups in total. The minimum atomic E-state index is -1.18. The quantitative estimate of drug-likeness (QED) is 0.624. The number of aliphatic hydroxyl groups is 2. The van der Waals surface area contributed by atoms with E-state index >= 15 is 0 Å². The van der Waals surface area contributed by atoms with Crippen LogP contribution in [0.2, 0.25) is 0 Å². The van der Waals surface area contributed by atoms with Crippen molar-refractivity contribution in [2.75, 3.05) is 0 Å². The van der Waals surface area contributed by atoms with Crippen molar-refractivity contribution < 1.29 is 24.9 Å². The lowest BCUT2D eigenvalue weighted by Gasteiger charge is -2.08. The monoisotopic (exact) mass is 297 g/mol. The molecule has 1 aromatic carbocycles. The van der Waals surface area contributed by atoms with E-state index in [4.69, 9.17) is 10.2 Å². The highest BCUT2D eigenvalue weighted by molar-refractivity contribution is 5.80. The number of hydrogen-bond donors (Lipinski definition) is 4. The van der Waals surface area contributed by atoms with Gasteiger partial charge in [-0.15, -0.1) is 0 Å². The predicted octanol–water partition coefficient (Wildman–Crippen LogP) is 0.916. The molecule has 0 aromatic heterocycles. The van der Waals surface area contributed by atoms with Crippen LogP contribution < -0.4 is 5.32 Å². The highest BCUT2D eigenvalue weighted by atomic mass is 16.4. The maximum Gasteiger partial charge on any atom is 0.332 e. The average molecular weight is 297 g/mol. The summed E-state index contributed by atoms with van der Waals surface area (Å²) in [5.41, 5.74) is 1.03. The minimum Gasteiger partial charge on any atom is -0.479 e. The van der Waals surface area contributed by atoms with E-state index in [1.165, 1.54) is 0 Å². The lowest BCUT2D eigenvalue weighted by molar-refractivity contribution is -0.146. The van der Waals surface area contributed by atoms with E-state index in [9.17, 15) is 14.7 Å². The summed E-state index contributed by atoms with van der Waals surface area (Å²) in [6.07, 6.45) is -1.35. The standard InChI is InChI=1S/C11H15NO2.C4H8O3/c1-2-10(13)11(14)12-8-9-6-4-3-5-7-9;1-2-3(5)4(6)7/h3-7,10,13H,2,8H2,1H3,(H,12,14);3,5H,2H2,1H3,(H,6,7)/t10-;3-/m00/s1. The first-order chi connectivity index (χ1) is 9.92. The predicted molar refractivity (Wildman–Crippen MR) is 78.5 cm³/mol. The molecule has 1 aromatic rings. The van der Waals surface area contributed by atoms with Gasteiger partial charge < -0.3 is 20.6 Å². The molecule has 0 aliphatic carbocycles. The Hall–Kier alpha value is -1.92. The van der Waals surface area contributed by atoms with Gasteiger partial charge in [0, 0.05) is 6.54 Å². The summed E-state index contributed by atoms with van der Waals surface area (Å²) in [6, 6.07) is 9.61. The molecule has 1 rings (SSSR count). The largest absolute Gasteiger partial charge is 0.479 e. The Kier molecular flexibility index (Phi) is 9.83. The molecular weight excluding hydrogens is 274 g/mol. The van der Waals surface area contributed by atoms with Crippen molar-refractivity contribution in [3.8, 4) is 0 Å². The van der Waals surface area contributed by atoms with Crippen LogP contribution in [0.5, 0.6) is 0 Å². The molecule has 6 nitrogen and oxygen atoms in total. The molecule has 21 heavy (non-hydrogen) atoms. The highest BCUT2D eigenvalue weighted by Crippen LogP contribution is 1.98. The third-order valence-corrected chi connectivity index (χ3v) is 2.67. The van der Waals surface area contributed by atoms with Gasteiger partial charge in [-0.05, 0) is 18.4 Å². The number of hydrogen-bond acceptors (Lipinski definition) is 4. The highest BCUT2D eigenvalue weighted by Gasteiger charge is 2.10. The number of amides is 1. The maximum absolute atomic E-state index is 11.2. The van der Waals surface area contributed by atoms with E-state index in [1.807, 2.05) is 30.3 Å². The fourth-order valence-electron chi connectivity index (χ4n) is 1.26. The summed E-state index contributed by atoms with van der Waals surface area (Å²) < 4.78 is 0. The molecule has 0 saturated carbocycles. The van der Waals surface area contributed by atoms with Crippen LogP contribution in [0.3, 0.4) is 0 Å². The molecule has 0 aliphatic rings. The fourth-order valence-corrected chi connectivity index (χ4v) is 1.26. The van der Waals surface area contributed by atoms with Gasteiger partial charge in [-0.3, -0.25) is 4.79 Å². The zero-order chi connectivity index (χ0) is 16.3.